The highest BCUT2D eigenvalue weighted by Gasteiger charge is 2.29. The monoisotopic (exact) mass is 389 g/mol. The number of alkyl halides is 2. The van der Waals surface area contributed by atoms with Crippen LogP contribution in [0, 0.1) is 0 Å². The van der Waals surface area contributed by atoms with Gasteiger partial charge in [0.1, 0.15) is 0 Å². The first-order valence-corrected chi connectivity index (χ1v) is 8.35. The molecule has 0 aliphatic heterocycles. The molecule has 0 saturated heterocycles. The normalized spacial score (nSPS) is 11.5. The molecule has 0 saturated carbocycles. The van der Waals surface area contributed by atoms with Crippen LogP contribution in [0.4, 0.5) is 14.5 Å². The first-order chi connectivity index (χ1) is 10.3. The lowest BCUT2D eigenvalue weighted by atomic mass is 10.2. The van der Waals surface area contributed by atoms with Gasteiger partial charge in [0.05, 0.1) is 16.1 Å². The predicted molar refractivity (Wildman–Crippen MR) is 81.7 cm³/mol. The number of nitrogens with one attached hydrogen (secondary N) is 1. The lowest BCUT2D eigenvalue weighted by Gasteiger charge is -2.11. The van der Waals surface area contributed by atoms with Crippen LogP contribution in [0.2, 0.25) is 0 Å². The number of anilines is 1. The summed E-state index contributed by atoms with van der Waals surface area (Å²) >= 11 is 3.19. The van der Waals surface area contributed by atoms with E-state index in [1.165, 1.54) is 24.3 Å². The van der Waals surface area contributed by atoms with Gasteiger partial charge >= 0.3 is 5.76 Å². The Balaban J connectivity index is 2.40. The molecule has 2 rings (SSSR count). The number of hydrogen-bond acceptors (Lipinski definition) is 3. The van der Waals surface area contributed by atoms with Gasteiger partial charge in [-0.15, -0.1) is 0 Å². The van der Waals surface area contributed by atoms with Crippen LogP contribution in [0.3, 0.4) is 0 Å². The second kappa shape index (κ2) is 6.53. The Morgan fingerprint density at radius 1 is 1.05 bits per heavy atom. The maximum atomic E-state index is 12.7. The summed E-state index contributed by atoms with van der Waals surface area (Å²) in [5, 5.41) is 2.35. The number of para-hydroxylation sites is 1. The third kappa shape index (κ3) is 3.33. The number of carbonyl (C=O) groups is 1. The molecule has 116 valence electrons. The van der Waals surface area contributed by atoms with Gasteiger partial charge in [0.25, 0.3) is 5.91 Å². The van der Waals surface area contributed by atoms with Gasteiger partial charge in [0, 0.05) is 4.47 Å². The number of benzene rings is 2. The summed E-state index contributed by atoms with van der Waals surface area (Å²) in [7, 11) is -4.81. The van der Waals surface area contributed by atoms with Crippen LogP contribution >= 0.6 is 15.9 Å². The highest BCUT2D eigenvalue weighted by atomic mass is 79.9. The van der Waals surface area contributed by atoms with Crippen molar-refractivity contribution in [1.82, 2.24) is 0 Å². The summed E-state index contributed by atoms with van der Waals surface area (Å²) in [6.45, 7) is 0. The van der Waals surface area contributed by atoms with E-state index >= 15 is 0 Å². The fourth-order valence-corrected chi connectivity index (χ4v) is 3.10. The zero-order chi connectivity index (χ0) is 16.3. The van der Waals surface area contributed by atoms with E-state index in [0.717, 1.165) is 6.07 Å². The van der Waals surface area contributed by atoms with Crippen molar-refractivity contribution in [3.63, 3.8) is 0 Å². The van der Waals surface area contributed by atoms with Crippen LogP contribution in [0.5, 0.6) is 0 Å². The zero-order valence-corrected chi connectivity index (χ0v) is 13.4. The van der Waals surface area contributed by atoms with Crippen molar-refractivity contribution in [2.75, 3.05) is 5.32 Å². The average molecular weight is 390 g/mol. The summed E-state index contributed by atoms with van der Waals surface area (Å²) < 4.78 is 49.1. The molecule has 2 aromatic rings. The van der Waals surface area contributed by atoms with Crippen molar-refractivity contribution in [3.05, 3.63) is 58.6 Å². The van der Waals surface area contributed by atoms with Gasteiger partial charge in [-0.1, -0.05) is 24.3 Å². The minimum absolute atomic E-state index is 0.191. The third-order valence-corrected chi connectivity index (χ3v) is 4.92. The Morgan fingerprint density at radius 3 is 2.27 bits per heavy atom. The Hall–Kier alpha value is -1.80. The summed E-state index contributed by atoms with van der Waals surface area (Å²) in [5.74, 6) is -4.17. The molecule has 0 fully saturated rings. The molecule has 1 amide bonds. The second-order valence-electron chi connectivity index (χ2n) is 4.24. The van der Waals surface area contributed by atoms with E-state index in [9.17, 15) is 22.0 Å². The molecule has 0 bridgehead atoms. The fourth-order valence-electron chi connectivity index (χ4n) is 1.75. The van der Waals surface area contributed by atoms with Crippen molar-refractivity contribution in [3.8, 4) is 0 Å². The van der Waals surface area contributed by atoms with Gasteiger partial charge in [-0.3, -0.25) is 4.79 Å². The van der Waals surface area contributed by atoms with Crippen LogP contribution in [0.1, 0.15) is 10.4 Å². The molecule has 0 spiro atoms. The number of sulfone groups is 1. The van der Waals surface area contributed by atoms with Crippen LogP contribution in [-0.2, 0) is 9.84 Å². The molecule has 0 unspecified atom stereocenters. The van der Waals surface area contributed by atoms with E-state index in [1.54, 1.807) is 18.2 Å². The molecule has 8 heteroatoms. The Bertz CT molecular complexity index is 809. The number of halogens is 3. The Labute approximate surface area is 134 Å². The van der Waals surface area contributed by atoms with Crippen molar-refractivity contribution >= 4 is 37.4 Å². The lowest BCUT2D eigenvalue weighted by molar-refractivity contribution is 0.102. The lowest BCUT2D eigenvalue weighted by Crippen LogP contribution is -2.18. The number of carbonyl (C=O) groups excluding carboxylic acids is 1. The van der Waals surface area contributed by atoms with Crippen molar-refractivity contribution in [1.29, 1.82) is 0 Å². The maximum Gasteiger partial charge on any atom is 0.341 e. The van der Waals surface area contributed by atoms with Crippen LogP contribution < -0.4 is 5.32 Å². The minimum Gasteiger partial charge on any atom is -0.321 e. The van der Waals surface area contributed by atoms with E-state index in [-0.39, 0.29) is 11.3 Å². The fraction of sp³-hybridized carbons (Fsp3) is 0.0714. The first kappa shape index (κ1) is 16.6. The molecular weight excluding hydrogens is 380 g/mol. The molecular formula is C14H10BrF2NO3S. The van der Waals surface area contributed by atoms with Gasteiger partial charge in [-0.2, -0.15) is 8.78 Å². The largest absolute Gasteiger partial charge is 0.341 e. The van der Waals surface area contributed by atoms with Crippen LogP contribution in [-0.4, -0.2) is 20.1 Å². The Morgan fingerprint density at radius 2 is 1.64 bits per heavy atom. The Kier molecular flexibility index (Phi) is 4.92. The minimum atomic E-state index is -4.81. The quantitative estimate of drug-likeness (QED) is 0.866. The number of hydrogen-bond donors (Lipinski definition) is 1. The highest BCUT2D eigenvalue weighted by molar-refractivity contribution is 9.10. The molecule has 4 nitrogen and oxygen atoms in total. The van der Waals surface area contributed by atoms with Gasteiger partial charge in [-0.05, 0) is 40.2 Å². The van der Waals surface area contributed by atoms with E-state index in [0.29, 0.717) is 4.47 Å². The zero-order valence-electron chi connectivity index (χ0n) is 11.0. The summed E-state index contributed by atoms with van der Waals surface area (Å²) in [4.78, 5) is 11.5. The molecule has 0 heterocycles. The van der Waals surface area contributed by atoms with Crippen molar-refractivity contribution < 1.29 is 22.0 Å². The van der Waals surface area contributed by atoms with E-state index in [2.05, 4.69) is 21.2 Å². The number of amides is 1. The molecule has 0 aliphatic rings. The predicted octanol–water partition coefficient (Wildman–Crippen LogP) is 3.70. The smallest absolute Gasteiger partial charge is 0.321 e. The van der Waals surface area contributed by atoms with Crippen LogP contribution in [0.15, 0.2) is 57.9 Å². The van der Waals surface area contributed by atoms with Crippen LogP contribution in [0.25, 0.3) is 0 Å². The maximum absolute atomic E-state index is 12.7. The average Bonchev–Trinajstić information content (AvgIpc) is 2.47. The molecule has 0 atom stereocenters. The molecule has 1 N–H and O–H groups in total. The van der Waals surface area contributed by atoms with Gasteiger partial charge < -0.3 is 5.32 Å². The SMILES string of the molecule is O=C(Nc1ccccc1S(=O)(=O)C(F)F)c1ccccc1Br. The molecule has 2 aromatic carbocycles. The number of rotatable bonds is 4. The molecule has 0 radical (unpaired) electrons. The first-order valence-electron chi connectivity index (χ1n) is 6.01. The van der Waals surface area contributed by atoms with E-state index in [4.69, 9.17) is 0 Å². The summed E-state index contributed by atoms with van der Waals surface area (Å²) in [6, 6.07) is 11.5. The highest BCUT2D eigenvalue weighted by Crippen LogP contribution is 2.27. The molecule has 0 aromatic heterocycles. The summed E-state index contributed by atoms with van der Waals surface area (Å²) in [6.07, 6.45) is 0. The standard InChI is InChI=1S/C14H10BrF2NO3S/c15-10-6-2-1-5-9(10)13(19)18-11-7-3-4-8-12(11)22(20,21)14(16)17/h1-8,14H,(H,18,19). The van der Waals surface area contributed by atoms with Crippen molar-refractivity contribution in [2.24, 2.45) is 0 Å². The summed E-state index contributed by atoms with van der Waals surface area (Å²) in [5.41, 5.74) is 0.0651. The van der Waals surface area contributed by atoms with Crippen molar-refractivity contribution in [2.45, 2.75) is 10.7 Å². The molecule has 22 heavy (non-hydrogen) atoms. The van der Waals surface area contributed by atoms with Gasteiger partial charge in [0.15, 0.2) is 0 Å². The van der Waals surface area contributed by atoms with Gasteiger partial charge in [-0.25, -0.2) is 8.42 Å². The van der Waals surface area contributed by atoms with Gasteiger partial charge in [0.2, 0.25) is 9.84 Å². The third-order valence-electron chi connectivity index (χ3n) is 2.79. The second-order valence-corrected chi connectivity index (χ2v) is 6.98. The topological polar surface area (TPSA) is 63.2 Å². The molecule has 0 aliphatic carbocycles. The van der Waals surface area contributed by atoms with E-state index in [1.807, 2.05) is 0 Å². The van der Waals surface area contributed by atoms with E-state index < -0.39 is 26.4 Å².